The molecule has 0 spiro atoms. The molecule has 0 radical (unpaired) electrons. The fourth-order valence-electron chi connectivity index (χ4n) is 5.01. The van der Waals surface area contributed by atoms with Gasteiger partial charge in [0, 0.05) is 25.9 Å². The van der Waals surface area contributed by atoms with E-state index < -0.39 is 52.8 Å². The summed E-state index contributed by atoms with van der Waals surface area (Å²) in [7, 11) is 0. The van der Waals surface area contributed by atoms with Gasteiger partial charge in [0.05, 0.1) is 24.0 Å². The number of nitrogens with one attached hydrogen (secondary N) is 1. The van der Waals surface area contributed by atoms with Crippen LogP contribution in [0, 0.1) is 11.8 Å². The minimum Gasteiger partial charge on any atom is -0.481 e. The number of aromatic nitrogens is 4. The maximum absolute atomic E-state index is 12.9. The quantitative estimate of drug-likeness (QED) is 0.447. The summed E-state index contributed by atoms with van der Waals surface area (Å²) in [5.74, 6) is -5.24. The topological polar surface area (TPSA) is 177 Å². The van der Waals surface area contributed by atoms with Crippen LogP contribution >= 0.6 is 0 Å². The number of H-pyrrole nitrogens is 1. The number of imidazole rings is 1. The Morgan fingerprint density at radius 2 is 1.59 bits per heavy atom. The molecule has 4 atom stereocenters. The number of carbonyl (C=O) groups is 2. The minimum atomic E-state index is -1.74. The van der Waals surface area contributed by atoms with Crippen molar-refractivity contribution in [3.8, 4) is 0 Å². The standard InChI is InChI=1S/C20H26N4O8/c1-3-5-23-14-13(15(25)24(6-4-2)19(23)30)21-18(22-14)20(31)7-9-11(16(26)27)12(17(28)29)10(8-20)32-9/h9-12,31H,3-8H2,1-2H3,(H,21,22)(H,26,27)(H,28,29). The van der Waals surface area contributed by atoms with Crippen molar-refractivity contribution in [2.75, 3.05) is 0 Å². The van der Waals surface area contributed by atoms with Crippen LogP contribution in [0.25, 0.3) is 11.2 Å². The summed E-state index contributed by atoms with van der Waals surface area (Å²) in [4.78, 5) is 56.5. The van der Waals surface area contributed by atoms with E-state index in [2.05, 4.69) is 9.97 Å². The number of aliphatic hydroxyl groups is 1. The van der Waals surface area contributed by atoms with Crippen molar-refractivity contribution < 1.29 is 29.6 Å². The molecular formula is C20H26N4O8. The van der Waals surface area contributed by atoms with Crippen LogP contribution in [0.3, 0.4) is 0 Å². The van der Waals surface area contributed by atoms with Crippen LogP contribution in [0.15, 0.2) is 9.59 Å². The van der Waals surface area contributed by atoms with Crippen LogP contribution in [0.4, 0.5) is 0 Å². The van der Waals surface area contributed by atoms with Crippen LogP contribution in [0.1, 0.15) is 45.4 Å². The number of nitrogens with zero attached hydrogens (tertiary/aromatic N) is 3. The summed E-state index contributed by atoms with van der Waals surface area (Å²) >= 11 is 0. The van der Waals surface area contributed by atoms with Crippen molar-refractivity contribution in [3.63, 3.8) is 0 Å². The average Bonchev–Trinajstić information content (AvgIpc) is 3.28. The molecular weight excluding hydrogens is 424 g/mol. The Labute approximate surface area is 181 Å². The van der Waals surface area contributed by atoms with Crippen molar-refractivity contribution in [1.82, 2.24) is 19.1 Å². The highest BCUT2D eigenvalue weighted by Gasteiger charge is 2.60. The number of carboxylic acid groups (broad SMARTS) is 2. The van der Waals surface area contributed by atoms with Gasteiger partial charge in [0.1, 0.15) is 16.9 Å². The lowest BCUT2D eigenvalue weighted by Crippen LogP contribution is -2.41. The number of rotatable bonds is 7. The summed E-state index contributed by atoms with van der Waals surface area (Å²) < 4.78 is 8.11. The number of aryl methyl sites for hydroxylation is 1. The highest BCUT2D eigenvalue weighted by molar-refractivity contribution is 5.82. The Morgan fingerprint density at radius 3 is 2.09 bits per heavy atom. The smallest absolute Gasteiger partial charge is 0.332 e. The molecule has 2 aromatic rings. The predicted molar refractivity (Wildman–Crippen MR) is 109 cm³/mol. The van der Waals surface area contributed by atoms with Gasteiger partial charge in [0.2, 0.25) is 0 Å². The maximum atomic E-state index is 12.9. The van der Waals surface area contributed by atoms with E-state index in [0.717, 1.165) is 4.57 Å². The Bertz CT molecular complexity index is 1170. The van der Waals surface area contributed by atoms with Gasteiger partial charge in [-0.05, 0) is 12.8 Å². The third-order valence-electron chi connectivity index (χ3n) is 6.38. The van der Waals surface area contributed by atoms with Gasteiger partial charge in [-0.1, -0.05) is 13.8 Å². The van der Waals surface area contributed by atoms with E-state index in [1.165, 1.54) is 4.57 Å². The number of aliphatic carboxylic acids is 2. The normalized spacial score (nSPS) is 29.5. The number of hydrogen-bond donors (Lipinski definition) is 4. The minimum absolute atomic E-state index is 0.00317. The summed E-state index contributed by atoms with van der Waals surface area (Å²) in [6.45, 7) is 4.27. The first kappa shape index (κ1) is 22.2. The molecule has 12 nitrogen and oxygen atoms in total. The predicted octanol–water partition coefficient (Wildman–Crippen LogP) is -0.143. The number of hydrogen-bond acceptors (Lipinski definition) is 7. The molecule has 0 amide bonds. The van der Waals surface area contributed by atoms with Crippen molar-refractivity contribution in [1.29, 1.82) is 0 Å². The highest BCUT2D eigenvalue weighted by Crippen LogP contribution is 2.48. The van der Waals surface area contributed by atoms with E-state index in [1.54, 1.807) is 0 Å². The summed E-state index contributed by atoms with van der Waals surface area (Å²) in [5.41, 5.74) is -2.59. The molecule has 4 N–H and O–H groups in total. The molecule has 2 aliphatic heterocycles. The summed E-state index contributed by atoms with van der Waals surface area (Å²) in [5, 5.41) is 30.5. The third-order valence-corrected chi connectivity index (χ3v) is 6.38. The monoisotopic (exact) mass is 450 g/mol. The number of carboxylic acids is 2. The summed E-state index contributed by atoms with van der Waals surface area (Å²) in [6.07, 6.45) is -1.27. The van der Waals surface area contributed by atoms with Crippen molar-refractivity contribution in [2.45, 2.75) is 70.4 Å². The third kappa shape index (κ3) is 3.25. The molecule has 4 heterocycles. The first-order valence-electron chi connectivity index (χ1n) is 10.7. The van der Waals surface area contributed by atoms with E-state index in [1.807, 2.05) is 13.8 Å². The van der Waals surface area contributed by atoms with Crippen molar-refractivity contribution >= 4 is 23.1 Å². The molecule has 2 bridgehead atoms. The van der Waals surface area contributed by atoms with Gasteiger partial charge in [-0.2, -0.15) is 0 Å². The van der Waals surface area contributed by atoms with Crippen LogP contribution < -0.4 is 11.2 Å². The van der Waals surface area contributed by atoms with E-state index in [-0.39, 0.29) is 36.4 Å². The number of fused-ring (bicyclic) bond motifs is 3. The van der Waals surface area contributed by atoms with Crippen LogP contribution in [0.2, 0.25) is 0 Å². The second-order valence-electron chi connectivity index (χ2n) is 8.56. The lowest BCUT2D eigenvalue weighted by molar-refractivity contribution is -0.152. The molecule has 2 aliphatic rings. The van der Waals surface area contributed by atoms with Gasteiger partial charge >= 0.3 is 17.6 Å². The van der Waals surface area contributed by atoms with Crippen LogP contribution in [-0.2, 0) is 33.0 Å². The van der Waals surface area contributed by atoms with Gasteiger partial charge in [-0.3, -0.25) is 23.5 Å². The Balaban J connectivity index is 1.84. The molecule has 0 aromatic carbocycles. The second kappa shape index (κ2) is 7.85. The van der Waals surface area contributed by atoms with E-state index in [9.17, 15) is 34.5 Å². The van der Waals surface area contributed by atoms with Gasteiger partial charge in [0.25, 0.3) is 5.56 Å². The van der Waals surface area contributed by atoms with Gasteiger partial charge in [-0.25, -0.2) is 9.78 Å². The van der Waals surface area contributed by atoms with Gasteiger partial charge < -0.3 is 25.0 Å². The molecule has 2 aromatic heterocycles. The van der Waals surface area contributed by atoms with E-state index in [0.29, 0.717) is 19.4 Å². The SMILES string of the molecule is CCCn1c(=O)c2[nH]c(C3(O)CC4OC(C3)C(C(=O)O)C4C(=O)O)nc2n(CCC)c1=O. The van der Waals surface area contributed by atoms with Crippen molar-refractivity contribution in [3.05, 3.63) is 26.7 Å². The van der Waals surface area contributed by atoms with Gasteiger partial charge in [0.15, 0.2) is 5.65 Å². The zero-order valence-corrected chi connectivity index (χ0v) is 17.8. The number of aromatic amines is 1. The van der Waals surface area contributed by atoms with E-state index in [4.69, 9.17) is 4.74 Å². The Morgan fingerprint density at radius 1 is 1.06 bits per heavy atom. The zero-order valence-electron chi connectivity index (χ0n) is 17.8. The first-order chi connectivity index (χ1) is 15.1. The van der Waals surface area contributed by atoms with Crippen LogP contribution in [-0.4, -0.2) is 58.6 Å². The molecule has 0 aliphatic carbocycles. The molecule has 4 unspecified atom stereocenters. The van der Waals surface area contributed by atoms with Gasteiger partial charge in [-0.15, -0.1) is 0 Å². The Hall–Kier alpha value is -2.99. The Kier molecular flexibility index (Phi) is 5.45. The maximum Gasteiger partial charge on any atom is 0.332 e. The lowest BCUT2D eigenvalue weighted by atomic mass is 9.88. The molecule has 4 rings (SSSR count). The number of ether oxygens (including phenoxy) is 1. The lowest BCUT2D eigenvalue weighted by Gasteiger charge is -2.35. The molecule has 174 valence electrons. The summed E-state index contributed by atoms with van der Waals surface area (Å²) in [6, 6.07) is 0. The molecule has 0 saturated carbocycles. The highest BCUT2D eigenvalue weighted by atomic mass is 16.5. The average molecular weight is 450 g/mol. The molecule has 2 saturated heterocycles. The fraction of sp³-hybridized carbons (Fsp3) is 0.650. The van der Waals surface area contributed by atoms with E-state index >= 15 is 0 Å². The van der Waals surface area contributed by atoms with Crippen LogP contribution in [0.5, 0.6) is 0 Å². The zero-order chi connectivity index (χ0) is 23.4. The second-order valence-corrected chi connectivity index (χ2v) is 8.56. The largest absolute Gasteiger partial charge is 0.481 e. The fourth-order valence-corrected chi connectivity index (χ4v) is 5.01. The van der Waals surface area contributed by atoms with Crippen molar-refractivity contribution in [2.24, 2.45) is 11.8 Å². The molecule has 32 heavy (non-hydrogen) atoms. The molecule has 12 heteroatoms. The first-order valence-corrected chi connectivity index (χ1v) is 10.7. The molecule has 2 fully saturated rings.